The zero-order chi connectivity index (χ0) is 35.3. The number of allylic oxidation sites excluding steroid dienone is 3. The van der Waals surface area contributed by atoms with Crippen LogP contribution in [0.15, 0.2) is 176 Å². The van der Waals surface area contributed by atoms with Crippen LogP contribution in [0.25, 0.3) is 77.0 Å². The third-order valence-corrected chi connectivity index (χ3v) is 12.3. The minimum Gasteiger partial charge on any atom is -0.333 e. The lowest BCUT2D eigenvalue weighted by molar-refractivity contribution is 0.745. The number of hydrogen-bond donors (Lipinski definition) is 0. The summed E-state index contributed by atoms with van der Waals surface area (Å²) in [5, 5.41) is 10.6. The lowest BCUT2D eigenvalue weighted by Gasteiger charge is -2.28. The molecular weight excluding hydrogens is 653 g/mol. The molecule has 254 valence electrons. The number of aromatic nitrogens is 1. The smallest absolute Gasteiger partial charge is 0.0629 e. The van der Waals surface area contributed by atoms with Gasteiger partial charge in [0.1, 0.15) is 0 Å². The molecule has 0 saturated heterocycles. The van der Waals surface area contributed by atoms with Gasteiger partial charge in [-0.1, -0.05) is 146 Å². The zero-order valence-electron chi connectivity index (χ0n) is 29.8. The predicted molar refractivity (Wildman–Crippen MR) is 229 cm³/mol. The lowest BCUT2D eigenvalue weighted by Crippen LogP contribution is -2.28. The van der Waals surface area contributed by atoms with E-state index < -0.39 is 0 Å². The van der Waals surface area contributed by atoms with E-state index in [1.807, 2.05) is 0 Å². The number of fused-ring (bicyclic) bond motifs is 14. The van der Waals surface area contributed by atoms with Gasteiger partial charge in [0, 0.05) is 33.6 Å². The molecule has 1 aliphatic heterocycles. The fraction of sp³-hybridized carbons (Fsp3) is 0.0769. The van der Waals surface area contributed by atoms with E-state index in [4.69, 9.17) is 0 Å². The Morgan fingerprint density at radius 3 is 2.02 bits per heavy atom. The van der Waals surface area contributed by atoms with Crippen molar-refractivity contribution in [2.75, 3.05) is 4.90 Å². The Morgan fingerprint density at radius 2 is 1.17 bits per heavy atom. The molecule has 0 bridgehead atoms. The van der Waals surface area contributed by atoms with Crippen LogP contribution < -0.4 is 4.90 Å². The maximum Gasteiger partial charge on any atom is 0.0629 e. The molecule has 2 atom stereocenters. The van der Waals surface area contributed by atoms with E-state index in [1.165, 1.54) is 99.0 Å². The molecule has 2 heterocycles. The number of para-hydroxylation sites is 2. The predicted octanol–water partition coefficient (Wildman–Crippen LogP) is 13.6. The van der Waals surface area contributed by atoms with Gasteiger partial charge in [0.05, 0.1) is 22.8 Å². The van der Waals surface area contributed by atoms with E-state index in [0.29, 0.717) is 5.92 Å². The minimum absolute atomic E-state index is 0.271. The van der Waals surface area contributed by atoms with E-state index in [-0.39, 0.29) is 6.04 Å². The second kappa shape index (κ2) is 11.4. The van der Waals surface area contributed by atoms with Crippen molar-refractivity contribution in [3.63, 3.8) is 0 Å². The van der Waals surface area contributed by atoms with Crippen LogP contribution >= 0.6 is 0 Å². The first-order chi connectivity index (χ1) is 26.8. The van der Waals surface area contributed by atoms with E-state index in [0.717, 1.165) is 12.8 Å². The Balaban J connectivity index is 1.12. The molecule has 2 aliphatic carbocycles. The molecule has 0 radical (unpaired) electrons. The van der Waals surface area contributed by atoms with E-state index in [1.54, 1.807) is 0 Å². The average molecular weight is 689 g/mol. The molecule has 0 spiro atoms. The van der Waals surface area contributed by atoms with Crippen molar-refractivity contribution in [1.29, 1.82) is 0 Å². The second-order valence-corrected chi connectivity index (χ2v) is 15.1. The molecule has 3 aliphatic rings. The van der Waals surface area contributed by atoms with Gasteiger partial charge in [-0.3, -0.25) is 0 Å². The van der Waals surface area contributed by atoms with Crippen molar-refractivity contribution in [2.45, 2.75) is 24.8 Å². The molecule has 2 heteroatoms. The molecule has 2 unspecified atom stereocenters. The van der Waals surface area contributed by atoms with Gasteiger partial charge >= 0.3 is 0 Å². The van der Waals surface area contributed by atoms with Crippen LogP contribution in [0.3, 0.4) is 0 Å². The summed E-state index contributed by atoms with van der Waals surface area (Å²) in [6.45, 7) is 0. The van der Waals surface area contributed by atoms with Crippen LogP contribution in [0.5, 0.6) is 0 Å². The summed E-state index contributed by atoms with van der Waals surface area (Å²) in [6, 6.07) is 54.8. The van der Waals surface area contributed by atoms with Crippen LogP contribution in [-0.2, 0) is 6.42 Å². The van der Waals surface area contributed by atoms with Gasteiger partial charge < -0.3 is 9.47 Å². The summed E-state index contributed by atoms with van der Waals surface area (Å²) in [5.41, 5.74) is 12.9. The van der Waals surface area contributed by atoms with E-state index in [2.05, 4.69) is 192 Å². The first-order valence-corrected chi connectivity index (χ1v) is 19.2. The van der Waals surface area contributed by atoms with Crippen LogP contribution in [0, 0.1) is 0 Å². The van der Waals surface area contributed by atoms with Crippen LogP contribution in [0.1, 0.15) is 29.0 Å². The number of benzene rings is 8. The third kappa shape index (κ3) is 4.17. The largest absolute Gasteiger partial charge is 0.333 e. The van der Waals surface area contributed by atoms with Gasteiger partial charge in [-0.25, -0.2) is 0 Å². The maximum absolute atomic E-state index is 2.56. The molecule has 0 N–H and O–H groups in total. The third-order valence-electron chi connectivity index (χ3n) is 12.3. The summed E-state index contributed by atoms with van der Waals surface area (Å²) < 4.78 is 2.56. The quantitative estimate of drug-likeness (QED) is 0.168. The van der Waals surface area contributed by atoms with E-state index in [9.17, 15) is 0 Å². The monoisotopic (exact) mass is 688 g/mol. The van der Waals surface area contributed by atoms with E-state index >= 15 is 0 Å². The van der Waals surface area contributed by atoms with Crippen molar-refractivity contribution in [3.05, 3.63) is 193 Å². The summed E-state index contributed by atoms with van der Waals surface area (Å²) in [6.07, 6.45) is 16.0. The molecule has 9 aromatic rings. The molecule has 12 rings (SSSR count). The van der Waals surface area contributed by atoms with Crippen molar-refractivity contribution >= 4 is 71.6 Å². The Labute approximate surface area is 314 Å². The summed E-state index contributed by atoms with van der Waals surface area (Å²) in [4.78, 5) is 2.53. The van der Waals surface area contributed by atoms with Crippen LogP contribution in [0.2, 0.25) is 0 Å². The fourth-order valence-corrected chi connectivity index (χ4v) is 10.0. The highest BCUT2D eigenvalue weighted by Gasteiger charge is 2.37. The Morgan fingerprint density at radius 1 is 0.500 bits per heavy atom. The fourth-order valence-electron chi connectivity index (χ4n) is 10.0. The van der Waals surface area contributed by atoms with Crippen molar-refractivity contribution < 1.29 is 0 Å². The molecule has 54 heavy (non-hydrogen) atoms. The minimum atomic E-state index is 0.271. The van der Waals surface area contributed by atoms with Gasteiger partial charge in [0.25, 0.3) is 0 Å². The topological polar surface area (TPSA) is 8.17 Å². The SMILES string of the molecule is C1=CC2c3ccc(-c4ccc5c6ccccc6n(-c6cc7c8ccccc8c8ccccc8c7c7c6C=CCC7)c5c4)cc3N(c3ccccc3)C2C=C1. The second-order valence-electron chi connectivity index (χ2n) is 15.1. The Bertz CT molecular complexity index is 3120. The highest BCUT2D eigenvalue weighted by Crippen LogP contribution is 2.49. The average Bonchev–Trinajstić information content (AvgIpc) is 3.75. The molecule has 1 aromatic heterocycles. The van der Waals surface area contributed by atoms with Gasteiger partial charge in [-0.05, 0) is 104 Å². The molecule has 0 amide bonds. The standard InChI is InChI=1S/C52H36N2/c1-2-14-35(15-3-1)53-47-24-12-10-19-39(47)42-28-26-33(30-49(42)53)34-27-29-43-40-20-11-13-25-48(40)54(50(43)31-34)51-32-46-38-18-5-4-16-36(38)37-17-6-8-22-44(37)52(46)45-23-9-7-21-41(45)51/h1-8,10-22,24-32,39,47H,9,23H2. The van der Waals surface area contributed by atoms with Gasteiger partial charge in [-0.15, -0.1) is 0 Å². The number of anilines is 2. The van der Waals surface area contributed by atoms with Crippen molar-refractivity contribution in [2.24, 2.45) is 0 Å². The summed E-state index contributed by atoms with van der Waals surface area (Å²) in [7, 11) is 0. The molecule has 2 nitrogen and oxygen atoms in total. The Hall–Kier alpha value is -6.64. The molecule has 8 aromatic carbocycles. The maximum atomic E-state index is 2.56. The molecule has 0 saturated carbocycles. The first-order valence-electron chi connectivity index (χ1n) is 19.2. The van der Waals surface area contributed by atoms with Crippen LogP contribution in [-0.4, -0.2) is 10.6 Å². The molecular formula is C52H36N2. The first kappa shape index (κ1) is 29.9. The lowest BCUT2D eigenvalue weighted by atomic mass is 9.85. The highest BCUT2D eigenvalue weighted by atomic mass is 15.2. The summed E-state index contributed by atoms with van der Waals surface area (Å²) >= 11 is 0. The summed E-state index contributed by atoms with van der Waals surface area (Å²) in [5.74, 6) is 0.338. The normalized spacial score (nSPS) is 17.2. The van der Waals surface area contributed by atoms with Gasteiger partial charge in [0.2, 0.25) is 0 Å². The highest BCUT2D eigenvalue weighted by molar-refractivity contribution is 6.27. The number of aryl methyl sites for hydroxylation is 1. The number of hydrogen-bond acceptors (Lipinski definition) is 1. The molecule has 0 fully saturated rings. The van der Waals surface area contributed by atoms with Crippen LogP contribution in [0.4, 0.5) is 11.4 Å². The van der Waals surface area contributed by atoms with Gasteiger partial charge in [0.15, 0.2) is 0 Å². The Kier molecular flexibility index (Phi) is 6.32. The number of nitrogens with zero attached hydrogens (tertiary/aromatic N) is 2. The van der Waals surface area contributed by atoms with Crippen molar-refractivity contribution in [3.8, 4) is 16.8 Å². The zero-order valence-corrected chi connectivity index (χ0v) is 29.8. The van der Waals surface area contributed by atoms with Crippen molar-refractivity contribution in [1.82, 2.24) is 4.57 Å². The number of rotatable bonds is 3. The van der Waals surface area contributed by atoms with Gasteiger partial charge in [-0.2, -0.15) is 0 Å².